The standard InChI is InChI=1S/C67H61N4O.Pt/c1-64(2,3)49-36-37-68-62(41-49)71-58-33-20-19-32-56(58)63-57(67(8,9)48-28-17-12-18-29-48)43-55(44-61(63)71)72-54-31-23-30-52(42-54)69-45-70(60-35-22-21-34-59(60)69)53-39-50(65(4,5)46-24-13-10-14-25-46)38-51(40-53)66(6,7)47-26-15-11-16-27-47;/h10-41,43,45H,1-9H3;/q-3;. The van der Waals surface area contributed by atoms with E-state index in [1.54, 1.807) is 0 Å². The molecule has 0 amide bonds. The Morgan fingerprint density at radius 2 is 1.01 bits per heavy atom. The molecule has 0 unspecified atom stereocenters. The van der Waals surface area contributed by atoms with Gasteiger partial charge in [-0.2, -0.15) is 6.07 Å². The molecule has 1 aliphatic rings. The van der Waals surface area contributed by atoms with E-state index in [9.17, 15) is 0 Å². The van der Waals surface area contributed by atoms with E-state index in [-0.39, 0.29) is 37.3 Å². The molecule has 0 atom stereocenters. The maximum atomic E-state index is 7.01. The van der Waals surface area contributed by atoms with E-state index in [0.717, 1.165) is 55.9 Å². The van der Waals surface area contributed by atoms with Crippen LogP contribution in [0.15, 0.2) is 200 Å². The molecule has 0 bridgehead atoms. The molecule has 3 heterocycles. The molecule has 2 aromatic heterocycles. The van der Waals surface area contributed by atoms with Gasteiger partial charge in [0.15, 0.2) is 0 Å². The number of fused-ring (bicyclic) bond motifs is 4. The summed E-state index contributed by atoms with van der Waals surface area (Å²) in [5.41, 5.74) is 13.6. The van der Waals surface area contributed by atoms with Gasteiger partial charge in [-0.15, -0.1) is 48.3 Å². The van der Waals surface area contributed by atoms with Crippen molar-refractivity contribution in [1.82, 2.24) is 9.55 Å². The SMILES string of the molecule is CC(C)(C)c1ccnc(-n2c3[c-]c(Oc4[c-]c(N5[CH-]N(c6cc(C(C)(C)c7ccccc7)cc(C(C)(C)c7ccccc7)c6)c6ccccc65)ccc4)cc(C(C)(C)c4ccccc4)c3c3ccccc32)c1.[Pt]. The van der Waals surface area contributed by atoms with Gasteiger partial charge in [0, 0.05) is 72.2 Å². The molecule has 1 aliphatic heterocycles. The summed E-state index contributed by atoms with van der Waals surface area (Å²) in [6.45, 7) is 22.8. The number of benzene rings is 8. The minimum absolute atomic E-state index is 0. The number of pyridine rings is 1. The number of hydrogen-bond donors (Lipinski definition) is 0. The first-order valence-corrected chi connectivity index (χ1v) is 25.1. The van der Waals surface area contributed by atoms with Crippen molar-refractivity contribution in [1.29, 1.82) is 0 Å². The molecule has 0 saturated heterocycles. The van der Waals surface area contributed by atoms with Gasteiger partial charge in [-0.25, -0.2) is 4.98 Å². The number of para-hydroxylation sites is 3. The Balaban J connectivity index is 0.00000611. The van der Waals surface area contributed by atoms with E-state index >= 15 is 0 Å². The van der Waals surface area contributed by atoms with Crippen LogP contribution in [0, 0.1) is 18.8 Å². The van der Waals surface area contributed by atoms with E-state index in [0.29, 0.717) is 11.5 Å². The summed E-state index contributed by atoms with van der Waals surface area (Å²) in [7, 11) is 0. The second kappa shape index (κ2) is 19.0. The third kappa shape index (κ3) is 8.97. The molecule has 73 heavy (non-hydrogen) atoms. The summed E-state index contributed by atoms with van der Waals surface area (Å²) in [5.74, 6) is 2.03. The molecule has 0 saturated carbocycles. The van der Waals surface area contributed by atoms with Crippen LogP contribution >= 0.6 is 0 Å². The minimum Gasteiger partial charge on any atom is -0.509 e. The fourth-order valence-electron chi connectivity index (χ4n) is 10.6. The van der Waals surface area contributed by atoms with Gasteiger partial charge < -0.3 is 19.1 Å². The first kappa shape index (κ1) is 49.4. The molecule has 0 radical (unpaired) electrons. The Bertz CT molecular complexity index is 3540. The number of rotatable bonds is 11. The van der Waals surface area contributed by atoms with Gasteiger partial charge in [0.1, 0.15) is 5.82 Å². The number of hydrogen-bond acceptors (Lipinski definition) is 4. The summed E-state index contributed by atoms with van der Waals surface area (Å²) in [6.07, 6.45) is 1.92. The van der Waals surface area contributed by atoms with Crippen LogP contribution in [0.3, 0.4) is 0 Å². The Kier molecular flexibility index (Phi) is 12.9. The van der Waals surface area contributed by atoms with E-state index in [1.807, 2.05) is 12.3 Å². The number of anilines is 4. The van der Waals surface area contributed by atoms with Gasteiger partial charge >= 0.3 is 0 Å². The topological polar surface area (TPSA) is 33.5 Å². The van der Waals surface area contributed by atoms with Crippen molar-refractivity contribution in [3.63, 3.8) is 0 Å². The van der Waals surface area contributed by atoms with Crippen LogP contribution in [0.1, 0.15) is 101 Å². The largest absolute Gasteiger partial charge is 0.509 e. The number of nitrogens with zero attached hydrogens (tertiary/aromatic N) is 4. The van der Waals surface area contributed by atoms with Crippen LogP contribution in [0.4, 0.5) is 22.7 Å². The summed E-state index contributed by atoms with van der Waals surface area (Å²) in [5, 5.41) is 2.27. The zero-order valence-electron chi connectivity index (χ0n) is 43.1. The van der Waals surface area contributed by atoms with Crippen molar-refractivity contribution >= 4 is 44.6 Å². The summed E-state index contributed by atoms with van der Waals surface area (Å²) in [4.78, 5) is 9.56. The van der Waals surface area contributed by atoms with Gasteiger partial charge in [-0.1, -0.05) is 201 Å². The average molecular weight is 1130 g/mol. The van der Waals surface area contributed by atoms with Gasteiger partial charge in [0.25, 0.3) is 0 Å². The van der Waals surface area contributed by atoms with E-state index in [2.05, 4.69) is 284 Å². The van der Waals surface area contributed by atoms with Crippen LogP contribution in [-0.4, -0.2) is 9.55 Å². The van der Waals surface area contributed by atoms with Crippen molar-refractivity contribution in [2.45, 2.75) is 84.0 Å². The van der Waals surface area contributed by atoms with Crippen molar-refractivity contribution < 1.29 is 25.8 Å². The smallest absolute Gasteiger partial charge is 0.135 e. The third-order valence-electron chi connectivity index (χ3n) is 15.2. The first-order chi connectivity index (χ1) is 34.6. The fraction of sp³-hybridized carbons (Fsp3) is 0.194. The molecular weight excluding hydrogens is 1070 g/mol. The van der Waals surface area contributed by atoms with Gasteiger partial charge in [0.2, 0.25) is 0 Å². The summed E-state index contributed by atoms with van der Waals surface area (Å²) in [6, 6.07) is 77.0. The monoisotopic (exact) mass is 1130 g/mol. The zero-order valence-corrected chi connectivity index (χ0v) is 45.4. The summed E-state index contributed by atoms with van der Waals surface area (Å²) < 4.78 is 9.27. The number of aromatic nitrogens is 2. The molecule has 0 N–H and O–H groups in total. The van der Waals surface area contributed by atoms with Crippen LogP contribution in [0.2, 0.25) is 0 Å². The van der Waals surface area contributed by atoms with E-state index in [4.69, 9.17) is 9.72 Å². The average Bonchev–Trinajstić information content (AvgIpc) is 3.95. The first-order valence-electron chi connectivity index (χ1n) is 25.1. The van der Waals surface area contributed by atoms with Crippen molar-refractivity contribution in [3.8, 4) is 17.3 Å². The second-order valence-corrected chi connectivity index (χ2v) is 21.9. The third-order valence-corrected chi connectivity index (χ3v) is 15.2. The molecule has 8 aromatic carbocycles. The predicted octanol–water partition coefficient (Wildman–Crippen LogP) is 17.3. The van der Waals surface area contributed by atoms with Crippen molar-refractivity contribution in [2.75, 3.05) is 9.80 Å². The van der Waals surface area contributed by atoms with Gasteiger partial charge in [0.05, 0.1) is 0 Å². The van der Waals surface area contributed by atoms with Crippen molar-refractivity contribution in [2.24, 2.45) is 0 Å². The van der Waals surface area contributed by atoms with E-state index < -0.39 is 5.41 Å². The second-order valence-electron chi connectivity index (χ2n) is 21.9. The summed E-state index contributed by atoms with van der Waals surface area (Å²) >= 11 is 0. The quantitative estimate of drug-likeness (QED) is 0.121. The van der Waals surface area contributed by atoms with E-state index in [1.165, 1.54) is 33.4 Å². The molecule has 0 fully saturated rings. The van der Waals surface area contributed by atoms with Crippen LogP contribution in [0.25, 0.3) is 27.6 Å². The molecule has 368 valence electrons. The Morgan fingerprint density at radius 1 is 0.466 bits per heavy atom. The maximum Gasteiger partial charge on any atom is 0.135 e. The van der Waals surface area contributed by atoms with Gasteiger partial charge in [-0.05, 0) is 92.1 Å². The van der Waals surface area contributed by atoms with Gasteiger partial charge in [-0.3, -0.25) is 0 Å². The molecule has 6 heteroatoms. The molecular formula is C67H61N4OPt-3. The Hall–Kier alpha value is -7.20. The number of ether oxygens (including phenoxy) is 1. The molecule has 11 rings (SSSR count). The molecule has 5 nitrogen and oxygen atoms in total. The van der Waals surface area contributed by atoms with Crippen LogP contribution in [0.5, 0.6) is 11.5 Å². The zero-order chi connectivity index (χ0) is 50.0. The van der Waals surface area contributed by atoms with Crippen LogP contribution < -0.4 is 14.5 Å². The predicted molar refractivity (Wildman–Crippen MR) is 299 cm³/mol. The Morgan fingerprint density at radius 3 is 1.62 bits per heavy atom. The van der Waals surface area contributed by atoms with Crippen molar-refractivity contribution in [3.05, 3.63) is 258 Å². The minimum atomic E-state index is -0.407. The molecule has 0 spiro atoms. The molecule has 0 aliphatic carbocycles. The normalized spacial score (nSPS) is 13.1. The maximum absolute atomic E-state index is 7.01. The fourth-order valence-corrected chi connectivity index (χ4v) is 10.6. The van der Waals surface area contributed by atoms with Crippen LogP contribution in [-0.2, 0) is 42.7 Å². The molecule has 10 aromatic rings. The Labute approximate surface area is 446 Å².